The van der Waals surface area contributed by atoms with Crippen molar-refractivity contribution in [2.45, 2.75) is 0 Å². The van der Waals surface area contributed by atoms with Crippen LogP contribution in [-0.4, -0.2) is 46.1 Å². The van der Waals surface area contributed by atoms with E-state index >= 15 is 0 Å². The number of carbonyl (C=O) groups is 2. The van der Waals surface area contributed by atoms with E-state index < -0.39 is 5.91 Å². The van der Waals surface area contributed by atoms with E-state index in [1.54, 1.807) is 44.6 Å². The topological polar surface area (TPSA) is 131 Å². The number of hydrogen-bond acceptors (Lipinski definition) is 7. The molecule has 30 heavy (non-hydrogen) atoms. The average Bonchev–Trinajstić information content (AvgIpc) is 3.42. The molecule has 1 aromatic carbocycles. The Bertz CT molecular complexity index is 1240. The zero-order valence-electron chi connectivity index (χ0n) is 16.3. The number of amides is 1. The number of pyridine rings is 1. The van der Waals surface area contributed by atoms with Crippen LogP contribution in [0.5, 0.6) is 0 Å². The fraction of sp³-hybridized carbons (Fsp3) is 0.0952. The van der Waals surface area contributed by atoms with Gasteiger partial charge in [0.25, 0.3) is 5.91 Å². The molecule has 9 nitrogen and oxygen atoms in total. The van der Waals surface area contributed by atoms with Crippen LogP contribution in [0, 0.1) is 11.3 Å². The molecule has 0 radical (unpaired) electrons. The Labute approximate surface area is 171 Å². The average molecular weight is 402 g/mol. The second-order valence-electron chi connectivity index (χ2n) is 6.39. The molecule has 4 aromatic rings. The number of nitrogens with two attached hydrogens (primary N) is 1. The fourth-order valence-electron chi connectivity index (χ4n) is 2.62. The van der Waals surface area contributed by atoms with Crippen LogP contribution in [0.3, 0.4) is 0 Å². The van der Waals surface area contributed by atoms with Crippen molar-refractivity contribution in [1.29, 1.82) is 5.26 Å². The number of nitrogens with zero attached hydrogens (tertiary/aromatic N) is 5. The minimum Gasteiger partial charge on any atom is -0.463 e. The quantitative estimate of drug-likeness (QED) is 0.521. The van der Waals surface area contributed by atoms with Crippen LogP contribution in [0.15, 0.2) is 59.3 Å². The minimum absolute atomic E-state index is 0.00735. The Balaban J connectivity index is 0.000000461. The van der Waals surface area contributed by atoms with Crippen LogP contribution < -0.4 is 5.73 Å². The molecule has 0 atom stereocenters. The third-order valence-corrected chi connectivity index (χ3v) is 4.05. The molecular formula is C21H18N6O3. The first-order chi connectivity index (χ1) is 14.5. The van der Waals surface area contributed by atoms with Crippen molar-refractivity contribution in [2.75, 3.05) is 19.8 Å². The summed E-state index contributed by atoms with van der Waals surface area (Å²) in [6, 6.07) is 14.3. The zero-order chi connectivity index (χ0) is 21.7. The van der Waals surface area contributed by atoms with Crippen LogP contribution in [0.4, 0.5) is 5.82 Å². The lowest BCUT2D eigenvalue weighted by atomic mass is 10.1. The van der Waals surface area contributed by atoms with Crippen molar-refractivity contribution in [3.8, 4) is 17.5 Å². The Kier molecular flexibility index (Phi) is 5.89. The van der Waals surface area contributed by atoms with Gasteiger partial charge in [-0.15, -0.1) is 0 Å². The molecule has 3 aromatic heterocycles. The van der Waals surface area contributed by atoms with Gasteiger partial charge in [-0.05, 0) is 24.3 Å². The van der Waals surface area contributed by atoms with Crippen LogP contribution in [0.1, 0.15) is 15.9 Å². The SMILES string of the molecule is CN(C)C=O.N#Cc1cnn(C(=O)c2cc(-c3ccco3)nc3ccccc23)c1N. The highest BCUT2D eigenvalue weighted by Gasteiger charge is 2.20. The number of nitriles is 1. The van der Waals surface area contributed by atoms with Crippen molar-refractivity contribution >= 4 is 29.0 Å². The highest BCUT2D eigenvalue weighted by Crippen LogP contribution is 2.26. The van der Waals surface area contributed by atoms with Gasteiger partial charge in [0.15, 0.2) is 5.76 Å². The molecule has 0 aliphatic heterocycles. The molecule has 150 valence electrons. The molecule has 0 unspecified atom stereocenters. The Hall–Kier alpha value is -4.45. The molecule has 0 fully saturated rings. The summed E-state index contributed by atoms with van der Waals surface area (Å²) >= 11 is 0. The monoisotopic (exact) mass is 402 g/mol. The minimum atomic E-state index is -0.439. The third kappa shape index (κ3) is 4.02. The van der Waals surface area contributed by atoms with E-state index in [4.69, 9.17) is 15.4 Å². The summed E-state index contributed by atoms with van der Waals surface area (Å²) in [5, 5.41) is 13.6. The second kappa shape index (κ2) is 8.70. The van der Waals surface area contributed by atoms with Gasteiger partial charge >= 0.3 is 0 Å². The van der Waals surface area contributed by atoms with Gasteiger partial charge in [-0.2, -0.15) is 15.0 Å². The first kappa shape index (κ1) is 20.3. The van der Waals surface area contributed by atoms with E-state index in [9.17, 15) is 9.59 Å². The van der Waals surface area contributed by atoms with Crippen molar-refractivity contribution in [3.63, 3.8) is 0 Å². The number of para-hydroxylation sites is 1. The molecule has 9 heteroatoms. The van der Waals surface area contributed by atoms with Crippen LogP contribution in [0.2, 0.25) is 0 Å². The number of carbonyl (C=O) groups excluding carboxylic acids is 2. The maximum atomic E-state index is 13.0. The zero-order valence-corrected chi connectivity index (χ0v) is 16.3. The van der Waals surface area contributed by atoms with Crippen LogP contribution in [-0.2, 0) is 4.79 Å². The molecule has 0 aliphatic carbocycles. The molecule has 4 rings (SSSR count). The summed E-state index contributed by atoms with van der Waals surface area (Å²) in [6.45, 7) is 0. The third-order valence-electron chi connectivity index (χ3n) is 4.05. The number of furan rings is 1. The van der Waals surface area contributed by atoms with Gasteiger partial charge in [0.2, 0.25) is 6.41 Å². The van der Waals surface area contributed by atoms with E-state index in [1.165, 1.54) is 11.1 Å². The normalized spacial score (nSPS) is 10.0. The second-order valence-corrected chi connectivity index (χ2v) is 6.39. The molecule has 1 amide bonds. The van der Waals surface area contributed by atoms with Gasteiger partial charge in [0.05, 0.1) is 23.5 Å². The predicted octanol–water partition coefficient (Wildman–Crippen LogP) is 2.54. The molecule has 2 N–H and O–H groups in total. The van der Waals surface area contributed by atoms with E-state index in [1.807, 2.05) is 24.3 Å². The molecular weight excluding hydrogens is 384 g/mol. The van der Waals surface area contributed by atoms with Crippen molar-refractivity contribution in [1.82, 2.24) is 19.7 Å². The number of benzene rings is 1. The summed E-state index contributed by atoms with van der Waals surface area (Å²) in [6.07, 6.45) is 3.56. The lowest BCUT2D eigenvalue weighted by Crippen LogP contribution is -2.17. The highest BCUT2D eigenvalue weighted by molar-refractivity contribution is 6.08. The number of rotatable bonds is 3. The van der Waals surface area contributed by atoms with Crippen LogP contribution in [0.25, 0.3) is 22.4 Å². The molecule has 0 aliphatic rings. The van der Waals surface area contributed by atoms with Gasteiger partial charge in [0.1, 0.15) is 23.1 Å². The van der Waals surface area contributed by atoms with E-state index in [2.05, 4.69) is 10.1 Å². The maximum Gasteiger partial charge on any atom is 0.280 e. The van der Waals surface area contributed by atoms with Gasteiger partial charge in [0, 0.05) is 19.5 Å². The van der Waals surface area contributed by atoms with Gasteiger partial charge in [-0.3, -0.25) is 9.59 Å². The summed E-state index contributed by atoms with van der Waals surface area (Å²) in [5.41, 5.74) is 7.54. The Morgan fingerprint density at radius 2 is 2.00 bits per heavy atom. The lowest BCUT2D eigenvalue weighted by Gasteiger charge is -2.09. The number of hydrogen-bond donors (Lipinski definition) is 1. The predicted molar refractivity (Wildman–Crippen MR) is 110 cm³/mol. The highest BCUT2D eigenvalue weighted by atomic mass is 16.3. The van der Waals surface area contributed by atoms with E-state index in [0.717, 1.165) is 11.1 Å². The lowest BCUT2D eigenvalue weighted by molar-refractivity contribution is -0.115. The van der Waals surface area contributed by atoms with Crippen LogP contribution >= 0.6 is 0 Å². The molecule has 3 heterocycles. The van der Waals surface area contributed by atoms with Gasteiger partial charge < -0.3 is 15.1 Å². The maximum absolute atomic E-state index is 13.0. The first-order valence-corrected chi connectivity index (χ1v) is 8.80. The molecule has 0 spiro atoms. The van der Waals surface area contributed by atoms with E-state index in [0.29, 0.717) is 27.9 Å². The summed E-state index contributed by atoms with van der Waals surface area (Å²) in [7, 11) is 3.38. The van der Waals surface area contributed by atoms with Gasteiger partial charge in [-0.1, -0.05) is 18.2 Å². The summed E-state index contributed by atoms with van der Waals surface area (Å²) < 4.78 is 6.41. The number of anilines is 1. The Morgan fingerprint density at radius 3 is 2.60 bits per heavy atom. The largest absolute Gasteiger partial charge is 0.463 e. The van der Waals surface area contributed by atoms with Gasteiger partial charge in [-0.25, -0.2) is 4.98 Å². The van der Waals surface area contributed by atoms with Crippen molar-refractivity contribution in [2.24, 2.45) is 0 Å². The van der Waals surface area contributed by atoms with E-state index in [-0.39, 0.29) is 11.4 Å². The molecule has 0 saturated carbocycles. The number of aromatic nitrogens is 3. The summed E-state index contributed by atoms with van der Waals surface area (Å²) in [5.74, 6) is 0.115. The molecule has 0 bridgehead atoms. The smallest absolute Gasteiger partial charge is 0.280 e. The number of fused-ring (bicyclic) bond motifs is 1. The van der Waals surface area contributed by atoms with Crippen molar-refractivity contribution in [3.05, 3.63) is 66.1 Å². The first-order valence-electron chi connectivity index (χ1n) is 8.80. The fourth-order valence-corrected chi connectivity index (χ4v) is 2.62. The Morgan fingerprint density at radius 1 is 1.27 bits per heavy atom. The van der Waals surface area contributed by atoms with Crippen molar-refractivity contribution < 1.29 is 14.0 Å². The summed E-state index contributed by atoms with van der Waals surface area (Å²) in [4.78, 5) is 28.4. The number of nitrogen functional groups attached to an aromatic ring is 1. The molecule has 0 saturated heterocycles. The standard InChI is InChI=1S/C18H11N5O2.C3H7NO/c19-9-11-10-21-23(17(11)20)18(24)13-8-15(16-6-3-7-25-16)22-14-5-2-1-4-12(13)14;1-4(2)3-5/h1-8,10H,20H2;3H,1-2H3.